The highest BCUT2D eigenvalue weighted by Crippen LogP contribution is 2.33. The number of fused-ring (bicyclic) bond motifs is 1. The number of benzene rings is 2. The molecule has 4 rings (SSSR count). The summed E-state index contributed by atoms with van der Waals surface area (Å²) >= 11 is 0. The Labute approximate surface area is 176 Å². The van der Waals surface area contributed by atoms with E-state index in [2.05, 4.69) is 9.62 Å². The van der Waals surface area contributed by atoms with Gasteiger partial charge in [0.25, 0.3) is 0 Å². The van der Waals surface area contributed by atoms with Crippen LogP contribution in [0.15, 0.2) is 42.5 Å². The molecule has 2 heterocycles. The lowest BCUT2D eigenvalue weighted by Crippen LogP contribution is -2.45. The molecule has 158 valence electrons. The van der Waals surface area contributed by atoms with Gasteiger partial charge < -0.3 is 10.0 Å². The Balaban J connectivity index is 1.69. The molecule has 1 fully saturated rings. The van der Waals surface area contributed by atoms with Crippen molar-refractivity contribution in [3.63, 3.8) is 0 Å². The summed E-state index contributed by atoms with van der Waals surface area (Å²) in [5.41, 5.74) is 2.52. The standard InChI is InChI=1S/C22H26N4O3S/c1-3-30(28,29)25-16-10-12-26(13-11-16)22-17-9-8-15(2)14-19(17)23-21(24-22)18-6-4-5-7-20(18)27/h4-9,14,16,25,27H,3,10-13H2,1-2H3. The molecule has 8 heteroatoms. The van der Waals surface area contributed by atoms with E-state index in [1.165, 1.54) is 0 Å². The van der Waals surface area contributed by atoms with Crippen LogP contribution in [0.2, 0.25) is 0 Å². The molecule has 0 amide bonds. The van der Waals surface area contributed by atoms with Gasteiger partial charge in [-0.25, -0.2) is 23.1 Å². The summed E-state index contributed by atoms with van der Waals surface area (Å²) < 4.78 is 26.6. The Hall–Kier alpha value is -2.71. The predicted molar refractivity (Wildman–Crippen MR) is 119 cm³/mol. The van der Waals surface area contributed by atoms with E-state index in [1.807, 2.05) is 37.3 Å². The Kier molecular flexibility index (Phi) is 5.62. The first-order valence-electron chi connectivity index (χ1n) is 10.2. The van der Waals surface area contributed by atoms with Crippen LogP contribution in [0.25, 0.3) is 22.3 Å². The van der Waals surface area contributed by atoms with Gasteiger partial charge >= 0.3 is 0 Å². The molecule has 0 saturated carbocycles. The van der Waals surface area contributed by atoms with Crippen molar-refractivity contribution >= 4 is 26.7 Å². The van der Waals surface area contributed by atoms with Crippen LogP contribution < -0.4 is 9.62 Å². The number of rotatable bonds is 5. The van der Waals surface area contributed by atoms with Gasteiger partial charge in [0.2, 0.25) is 10.0 Å². The third-order valence-corrected chi connectivity index (χ3v) is 6.95. The molecule has 1 aliphatic rings. The van der Waals surface area contributed by atoms with Crippen molar-refractivity contribution in [2.24, 2.45) is 0 Å². The van der Waals surface area contributed by atoms with Crippen molar-refractivity contribution in [1.82, 2.24) is 14.7 Å². The van der Waals surface area contributed by atoms with E-state index < -0.39 is 10.0 Å². The lowest BCUT2D eigenvalue weighted by Gasteiger charge is -2.33. The Morgan fingerprint density at radius 1 is 1.13 bits per heavy atom. The van der Waals surface area contributed by atoms with E-state index in [4.69, 9.17) is 9.97 Å². The fourth-order valence-corrected chi connectivity index (χ4v) is 4.70. The quantitative estimate of drug-likeness (QED) is 0.650. The molecule has 0 bridgehead atoms. The van der Waals surface area contributed by atoms with Gasteiger partial charge in [-0.15, -0.1) is 0 Å². The minimum absolute atomic E-state index is 0.0563. The summed E-state index contributed by atoms with van der Waals surface area (Å²) in [6, 6.07) is 13.1. The number of phenolic OH excluding ortho intramolecular Hbond substituents is 1. The lowest BCUT2D eigenvalue weighted by atomic mass is 10.0. The molecule has 7 nitrogen and oxygen atoms in total. The van der Waals surface area contributed by atoms with Crippen LogP contribution in [0.1, 0.15) is 25.3 Å². The van der Waals surface area contributed by atoms with Crippen molar-refractivity contribution in [1.29, 1.82) is 0 Å². The SMILES string of the molecule is CCS(=O)(=O)NC1CCN(c2nc(-c3ccccc3O)nc3cc(C)ccc23)CC1. The van der Waals surface area contributed by atoms with E-state index in [0.29, 0.717) is 37.3 Å². The van der Waals surface area contributed by atoms with Crippen LogP contribution in [0.5, 0.6) is 5.75 Å². The minimum Gasteiger partial charge on any atom is -0.507 e. The van der Waals surface area contributed by atoms with Crippen LogP contribution >= 0.6 is 0 Å². The van der Waals surface area contributed by atoms with Gasteiger partial charge in [0.15, 0.2) is 5.82 Å². The van der Waals surface area contributed by atoms with Crippen molar-refractivity contribution in [2.75, 3.05) is 23.7 Å². The van der Waals surface area contributed by atoms with E-state index in [0.717, 1.165) is 22.3 Å². The van der Waals surface area contributed by atoms with Gasteiger partial charge in [0.1, 0.15) is 11.6 Å². The maximum Gasteiger partial charge on any atom is 0.211 e. The Morgan fingerprint density at radius 2 is 1.87 bits per heavy atom. The Morgan fingerprint density at radius 3 is 2.57 bits per heavy atom. The summed E-state index contributed by atoms with van der Waals surface area (Å²) in [5.74, 6) is 1.53. The fourth-order valence-electron chi connectivity index (χ4n) is 3.79. The summed E-state index contributed by atoms with van der Waals surface area (Å²) in [6.45, 7) is 5.05. The maximum atomic E-state index is 11.9. The third-order valence-electron chi connectivity index (χ3n) is 5.50. The van der Waals surface area contributed by atoms with Crippen LogP contribution in [0.3, 0.4) is 0 Å². The summed E-state index contributed by atoms with van der Waals surface area (Å²) in [6.07, 6.45) is 1.42. The minimum atomic E-state index is -3.21. The van der Waals surface area contributed by atoms with Crippen molar-refractivity contribution in [3.8, 4) is 17.1 Å². The zero-order valence-electron chi connectivity index (χ0n) is 17.2. The first kappa shape index (κ1) is 20.6. The molecule has 0 aliphatic carbocycles. The van der Waals surface area contributed by atoms with Gasteiger partial charge in [0, 0.05) is 24.5 Å². The third kappa shape index (κ3) is 4.24. The van der Waals surface area contributed by atoms with Crippen LogP contribution in [0.4, 0.5) is 5.82 Å². The molecular formula is C22H26N4O3S. The molecule has 3 aromatic rings. The Bertz CT molecular complexity index is 1170. The highest BCUT2D eigenvalue weighted by Gasteiger charge is 2.25. The van der Waals surface area contributed by atoms with E-state index in [1.54, 1.807) is 19.1 Å². The molecule has 1 aliphatic heterocycles. The average molecular weight is 427 g/mol. The van der Waals surface area contributed by atoms with Gasteiger partial charge in [0.05, 0.1) is 16.8 Å². The van der Waals surface area contributed by atoms with E-state index in [9.17, 15) is 13.5 Å². The number of aromatic nitrogens is 2. The number of anilines is 1. The summed E-state index contributed by atoms with van der Waals surface area (Å²) in [4.78, 5) is 11.7. The number of phenols is 1. The molecular weight excluding hydrogens is 400 g/mol. The normalized spacial score (nSPS) is 15.6. The lowest BCUT2D eigenvalue weighted by molar-refractivity contribution is 0.459. The molecule has 0 unspecified atom stereocenters. The molecule has 2 N–H and O–H groups in total. The van der Waals surface area contributed by atoms with Gasteiger partial charge in [-0.05, 0) is 56.5 Å². The van der Waals surface area contributed by atoms with Crippen LogP contribution in [-0.2, 0) is 10.0 Å². The van der Waals surface area contributed by atoms with Gasteiger partial charge in [-0.1, -0.05) is 18.2 Å². The molecule has 1 aromatic heterocycles. The van der Waals surface area contributed by atoms with Gasteiger partial charge in [-0.2, -0.15) is 0 Å². The molecule has 2 aromatic carbocycles. The monoisotopic (exact) mass is 426 g/mol. The zero-order valence-corrected chi connectivity index (χ0v) is 18.0. The maximum absolute atomic E-state index is 11.9. The number of piperidine rings is 1. The highest BCUT2D eigenvalue weighted by atomic mass is 32.2. The van der Waals surface area contributed by atoms with Crippen LogP contribution in [-0.4, -0.2) is 48.4 Å². The van der Waals surface area contributed by atoms with Crippen molar-refractivity contribution in [2.45, 2.75) is 32.7 Å². The number of nitrogens with one attached hydrogen (secondary N) is 1. The molecule has 1 saturated heterocycles. The fraction of sp³-hybridized carbons (Fsp3) is 0.364. The summed E-state index contributed by atoms with van der Waals surface area (Å²) in [5, 5.41) is 11.3. The van der Waals surface area contributed by atoms with Crippen molar-refractivity contribution in [3.05, 3.63) is 48.0 Å². The molecule has 30 heavy (non-hydrogen) atoms. The topological polar surface area (TPSA) is 95.4 Å². The smallest absolute Gasteiger partial charge is 0.211 e. The second-order valence-electron chi connectivity index (χ2n) is 7.69. The molecule has 0 spiro atoms. The first-order chi connectivity index (χ1) is 14.4. The number of para-hydroxylation sites is 1. The zero-order chi connectivity index (χ0) is 21.3. The van der Waals surface area contributed by atoms with Gasteiger partial charge in [-0.3, -0.25) is 0 Å². The van der Waals surface area contributed by atoms with E-state index >= 15 is 0 Å². The second-order valence-corrected chi connectivity index (χ2v) is 9.73. The number of hydrogen-bond acceptors (Lipinski definition) is 6. The average Bonchev–Trinajstić information content (AvgIpc) is 2.73. The number of nitrogens with zero attached hydrogens (tertiary/aromatic N) is 3. The van der Waals surface area contributed by atoms with E-state index in [-0.39, 0.29) is 17.5 Å². The number of sulfonamides is 1. The molecule has 0 radical (unpaired) electrons. The number of aryl methyl sites for hydroxylation is 1. The number of aromatic hydroxyl groups is 1. The molecule has 0 atom stereocenters. The predicted octanol–water partition coefficient (Wildman–Crippen LogP) is 3.22. The largest absolute Gasteiger partial charge is 0.507 e. The summed E-state index contributed by atoms with van der Waals surface area (Å²) in [7, 11) is -3.21. The highest BCUT2D eigenvalue weighted by molar-refractivity contribution is 7.89. The number of hydrogen-bond donors (Lipinski definition) is 2. The second kappa shape index (κ2) is 8.20. The van der Waals surface area contributed by atoms with Crippen molar-refractivity contribution < 1.29 is 13.5 Å². The van der Waals surface area contributed by atoms with Crippen LogP contribution in [0, 0.1) is 6.92 Å². The first-order valence-corrected chi connectivity index (χ1v) is 11.8.